The molecule has 0 unspecified atom stereocenters. The maximum absolute atomic E-state index is 10.8. The van der Waals surface area contributed by atoms with Gasteiger partial charge in [0.25, 0.3) is 0 Å². The van der Waals surface area contributed by atoms with Crippen molar-refractivity contribution in [1.29, 1.82) is 0 Å². The highest BCUT2D eigenvalue weighted by Crippen LogP contribution is 2.23. The van der Waals surface area contributed by atoms with Crippen LogP contribution >= 0.6 is 11.6 Å². The van der Waals surface area contributed by atoms with Gasteiger partial charge in [-0.15, -0.1) is 0 Å². The van der Waals surface area contributed by atoms with Gasteiger partial charge in [-0.3, -0.25) is 4.68 Å². The van der Waals surface area contributed by atoms with Gasteiger partial charge in [-0.2, -0.15) is 5.10 Å². The molecule has 5 nitrogen and oxygen atoms in total. The Kier molecular flexibility index (Phi) is 2.24. The lowest BCUT2D eigenvalue weighted by Gasteiger charge is -1.91. The van der Waals surface area contributed by atoms with E-state index in [4.69, 9.17) is 21.1 Å². The molecular formula is C9H7ClN2O3. The Morgan fingerprint density at radius 2 is 2.33 bits per heavy atom. The number of nitrogens with zero attached hydrogens (tertiary/aromatic N) is 2. The Morgan fingerprint density at radius 1 is 1.60 bits per heavy atom. The van der Waals surface area contributed by atoms with Crippen LogP contribution in [0.3, 0.4) is 0 Å². The average molecular weight is 227 g/mol. The summed E-state index contributed by atoms with van der Waals surface area (Å²) in [6.45, 7) is 0. The molecule has 0 aliphatic rings. The summed E-state index contributed by atoms with van der Waals surface area (Å²) < 4.78 is 6.39. The second kappa shape index (κ2) is 3.43. The summed E-state index contributed by atoms with van der Waals surface area (Å²) in [5.41, 5.74) is 0.541. The first-order valence-corrected chi connectivity index (χ1v) is 4.49. The van der Waals surface area contributed by atoms with Gasteiger partial charge in [0.1, 0.15) is 11.4 Å². The van der Waals surface area contributed by atoms with Crippen molar-refractivity contribution < 1.29 is 14.3 Å². The number of aromatic nitrogens is 2. The number of aromatic carboxylic acids is 1. The van der Waals surface area contributed by atoms with Crippen LogP contribution in [0.2, 0.25) is 5.22 Å². The smallest absolute Gasteiger partial charge is 0.354 e. The maximum Gasteiger partial charge on any atom is 0.354 e. The predicted octanol–water partition coefficient (Wildman–Crippen LogP) is 2.03. The first-order chi connectivity index (χ1) is 7.08. The molecule has 0 saturated carbocycles. The van der Waals surface area contributed by atoms with Crippen molar-refractivity contribution in [3.05, 3.63) is 29.1 Å². The van der Waals surface area contributed by atoms with Crippen molar-refractivity contribution in [2.45, 2.75) is 0 Å². The van der Waals surface area contributed by atoms with Crippen LogP contribution in [0.5, 0.6) is 0 Å². The summed E-state index contributed by atoms with van der Waals surface area (Å²) in [7, 11) is 1.55. The van der Waals surface area contributed by atoms with E-state index in [2.05, 4.69) is 5.10 Å². The second-order valence-electron chi connectivity index (χ2n) is 2.95. The van der Waals surface area contributed by atoms with Gasteiger partial charge in [0, 0.05) is 13.1 Å². The van der Waals surface area contributed by atoms with Crippen LogP contribution in [0.25, 0.3) is 11.5 Å². The van der Waals surface area contributed by atoms with Crippen molar-refractivity contribution in [2.75, 3.05) is 0 Å². The van der Waals surface area contributed by atoms with E-state index in [0.29, 0.717) is 11.5 Å². The Labute approximate surface area is 89.9 Å². The molecule has 2 aromatic rings. The van der Waals surface area contributed by atoms with E-state index in [0.717, 1.165) is 0 Å². The highest BCUT2D eigenvalue weighted by Gasteiger charge is 2.14. The monoisotopic (exact) mass is 226 g/mol. The van der Waals surface area contributed by atoms with Gasteiger partial charge in [0.05, 0.1) is 0 Å². The van der Waals surface area contributed by atoms with Gasteiger partial charge in [-0.25, -0.2) is 4.79 Å². The van der Waals surface area contributed by atoms with Crippen LogP contribution < -0.4 is 0 Å². The van der Waals surface area contributed by atoms with Gasteiger partial charge < -0.3 is 9.52 Å². The molecule has 2 rings (SSSR count). The third kappa shape index (κ3) is 1.73. The lowest BCUT2D eigenvalue weighted by Crippen LogP contribution is -2.04. The molecule has 0 aliphatic carbocycles. The summed E-state index contributed by atoms with van der Waals surface area (Å²) in [6.07, 6.45) is 0. The lowest BCUT2D eigenvalue weighted by atomic mass is 10.3. The largest absolute Gasteiger partial charge is 0.477 e. The standard InChI is InChI=1S/C9H7ClN2O3/c1-12-6(9(13)14)4-5(11-12)7-2-3-8(10)15-7/h2-4H,1H3,(H,13,14). The topological polar surface area (TPSA) is 68.3 Å². The predicted molar refractivity (Wildman–Crippen MR) is 52.9 cm³/mol. The van der Waals surface area contributed by atoms with Crippen molar-refractivity contribution in [1.82, 2.24) is 9.78 Å². The second-order valence-corrected chi connectivity index (χ2v) is 3.32. The first-order valence-electron chi connectivity index (χ1n) is 4.11. The first kappa shape index (κ1) is 9.79. The zero-order chi connectivity index (χ0) is 11.0. The van der Waals surface area contributed by atoms with Crippen molar-refractivity contribution in [3.8, 4) is 11.5 Å². The molecule has 0 spiro atoms. The molecule has 2 heterocycles. The number of carboxylic acids is 1. The van der Waals surface area contributed by atoms with E-state index in [1.165, 1.54) is 10.7 Å². The van der Waals surface area contributed by atoms with E-state index in [9.17, 15) is 4.79 Å². The van der Waals surface area contributed by atoms with Gasteiger partial charge in [0.2, 0.25) is 0 Å². The van der Waals surface area contributed by atoms with E-state index >= 15 is 0 Å². The highest BCUT2D eigenvalue weighted by atomic mass is 35.5. The molecule has 0 aliphatic heterocycles. The molecule has 78 valence electrons. The quantitative estimate of drug-likeness (QED) is 0.851. The number of hydrogen-bond acceptors (Lipinski definition) is 3. The SMILES string of the molecule is Cn1nc(-c2ccc(Cl)o2)cc1C(=O)O. The number of furan rings is 1. The highest BCUT2D eigenvalue weighted by molar-refractivity contribution is 6.28. The molecule has 15 heavy (non-hydrogen) atoms. The molecule has 0 amide bonds. The number of hydrogen-bond donors (Lipinski definition) is 1. The number of halogens is 1. The summed E-state index contributed by atoms with van der Waals surface area (Å²) >= 11 is 5.60. The summed E-state index contributed by atoms with van der Waals surface area (Å²) in [6, 6.07) is 4.64. The Bertz CT molecular complexity index is 515. The Hall–Kier alpha value is -1.75. The van der Waals surface area contributed by atoms with Crippen LogP contribution in [0.4, 0.5) is 0 Å². The molecule has 0 aromatic carbocycles. The fraction of sp³-hybridized carbons (Fsp3) is 0.111. The minimum absolute atomic E-state index is 0.0949. The van der Waals surface area contributed by atoms with Crippen LogP contribution in [0.15, 0.2) is 22.6 Å². The Balaban J connectivity index is 2.46. The maximum atomic E-state index is 10.8. The fourth-order valence-electron chi connectivity index (χ4n) is 1.24. The molecule has 6 heteroatoms. The van der Waals surface area contributed by atoms with Crippen molar-refractivity contribution >= 4 is 17.6 Å². The molecular weight excluding hydrogens is 220 g/mol. The van der Waals surface area contributed by atoms with Crippen LogP contribution in [-0.4, -0.2) is 20.9 Å². The normalized spacial score (nSPS) is 10.5. The summed E-state index contributed by atoms with van der Waals surface area (Å²) in [5.74, 6) is -0.586. The molecule has 2 aromatic heterocycles. The average Bonchev–Trinajstić information content (AvgIpc) is 2.71. The lowest BCUT2D eigenvalue weighted by molar-refractivity contribution is 0.0685. The van der Waals surface area contributed by atoms with Gasteiger partial charge in [0.15, 0.2) is 11.0 Å². The number of aryl methyl sites for hydroxylation is 1. The van der Waals surface area contributed by atoms with Crippen molar-refractivity contribution in [3.63, 3.8) is 0 Å². The molecule has 1 N–H and O–H groups in total. The van der Waals surface area contributed by atoms with Crippen LogP contribution in [0.1, 0.15) is 10.5 Å². The number of carboxylic acid groups (broad SMARTS) is 1. The summed E-state index contributed by atoms with van der Waals surface area (Å²) in [5, 5.41) is 13.1. The molecule has 0 fully saturated rings. The fourth-order valence-corrected chi connectivity index (χ4v) is 1.39. The minimum atomic E-state index is -1.03. The number of carbonyl (C=O) groups is 1. The van der Waals surface area contributed by atoms with E-state index in [-0.39, 0.29) is 10.9 Å². The zero-order valence-corrected chi connectivity index (χ0v) is 8.52. The third-order valence-corrected chi connectivity index (χ3v) is 2.13. The molecule has 0 radical (unpaired) electrons. The third-order valence-electron chi connectivity index (χ3n) is 1.92. The van der Waals surface area contributed by atoms with E-state index in [1.807, 2.05) is 0 Å². The van der Waals surface area contributed by atoms with Gasteiger partial charge in [-0.1, -0.05) is 0 Å². The molecule has 0 saturated heterocycles. The van der Waals surface area contributed by atoms with Crippen molar-refractivity contribution in [2.24, 2.45) is 7.05 Å². The Morgan fingerprint density at radius 3 is 2.80 bits per heavy atom. The van der Waals surface area contributed by atoms with Crippen LogP contribution in [0, 0.1) is 0 Å². The molecule has 0 atom stereocenters. The van der Waals surface area contributed by atoms with E-state index < -0.39 is 5.97 Å². The minimum Gasteiger partial charge on any atom is -0.477 e. The zero-order valence-electron chi connectivity index (χ0n) is 7.77. The van der Waals surface area contributed by atoms with Gasteiger partial charge in [-0.05, 0) is 23.7 Å². The van der Waals surface area contributed by atoms with Gasteiger partial charge >= 0.3 is 5.97 Å². The van der Waals surface area contributed by atoms with E-state index in [1.54, 1.807) is 19.2 Å². The van der Waals surface area contributed by atoms with Crippen LogP contribution in [-0.2, 0) is 7.05 Å². The number of rotatable bonds is 2. The molecule has 0 bridgehead atoms. The summed E-state index contributed by atoms with van der Waals surface area (Å²) in [4.78, 5) is 10.8.